The molecule has 4 nitrogen and oxygen atoms in total. The molecular formula is C11H8Cl2N2O2S. The lowest BCUT2D eigenvalue weighted by atomic mass is 10.2. The van der Waals surface area contributed by atoms with Gasteiger partial charge in [-0.2, -0.15) is 0 Å². The maximum absolute atomic E-state index is 12.0. The standard InChI is InChI=1S/C11H8Cl2N2O2S/c1-5(18)9-10(16)15(11(17)14-9)8-3-6(12)2-7(13)4-8/h2-4,9H,1H3,(H,14,17). The first-order valence-corrected chi connectivity index (χ1v) is 6.17. The first kappa shape index (κ1) is 13.3. The number of halogens is 2. The summed E-state index contributed by atoms with van der Waals surface area (Å²) in [7, 11) is 0. The van der Waals surface area contributed by atoms with Gasteiger partial charge in [0.15, 0.2) is 0 Å². The Morgan fingerprint density at radius 3 is 2.28 bits per heavy atom. The van der Waals surface area contributed by atoms with Gasteiger partial charge in [-0.1, -0.05) is 35.4 Å². The molecule has 1 atom stereocenters. The minimum absolute atomic E-state index is 0.328. The number of hydrogen-bond acceptors (Lipinski definition) is 3. The van der Waals surface area contributed by atoms with Crippen LogP contribution in [0.2, 0.25) is 10.0 Å². The Kier molecular flexibility index (Phi) is 3.56. The number of hydrogen-bond donors (Lipinski definition) is 1. The minimum atomic E-state index is -0.773. The first-order chi connectivity index (χ1) is 8.40. The second kappa shape index (κ2) is 4.84. The van der Waals surface area contributed by atoms with Crippen molar-refractivity contribution in [2.75, 3.05) is 4.90 Å². The lowest BCUT2D eigenvalue weighted by Crippen LogP contribution is -2.35. The van der Waals surface area contributed by atoms with E-state index >= 15 is 0 Å². The third kappa shape index (κ3) is 2.34. The van der Waals surface area contributed by atoms with Crippen LogP contribution >= 0.6 is 35.4 Å². The molecule has 0 aromatic heterocycles. The number of rotatable bonds is 2. The van der Waals surface area contributed by atoms with Crippen LogP contribution in [0.15, 0.2) is 18.2 Å². The molecular weight excluding hydrogens is 295 g/mol. The summed E-state index contributed by atoms with van der Waals surface area (Å²) < 4.78 is 0. The number of thiocarbonyl (C=S) groups is 1. The highest BCUT2D eigenvalue weighted by Gasteiger charge is 2.40. The van der Waals surface area contributed by atoms with Crippen LogP contribution in [-0.4, -0.2) is 22.8 Å². The van der Waals surface area contributed by atoms with Crippen molar-refractivity contribution in [1.29, 1.82) is 0 Å². The predicted octanol–water partition coefficient (Wildman–Crippen LogP) is 2.81. The van der Waals surface area contributed by atoms with Crippen molar-refractivity contribution in [2.45, 2.75) is 13.0 Å². The number of carbonyl (C=O) groups excluding carboxylic acids is 2. The van der Waals surface area contributed by atoms with Gasteiger partial charge in [0.05, 0.1) is 5.69 Å². The van der Waals surface area contributed by atoms with Crippen LogP contribution in [0.3, 0.4) is 0 Å². The number of urea groups is 1. The van der Waals surface area contributed by atoms with Crippen LogP contribution in [0.1, 0.15) is 6.92 Å². The molecule has 1 saturated heterocycles. The lowest BCUT2D eigenvalue weighted by molar-refractivity contribution is -0.116. The number of amides is 3. The fourth-order valence-corrected chi connectivity index (χ4v) is 2.34. The van der Waals surface area contributed by atoms with E-state index in [-0.39, 0.29) is 0 Å². The van der Waals surface area contributed by atoms with Gasteiger partial charge < -0.3 is 5.32 Å². The van der Waals surface area contributed by atoms with Crippen molar-refractivity contribution in [2.24, 2.45) is 0 Å². The Morgan fingerprint density at radius 1 is 1.28 bits per heavy atom. The topological polar surface area (TPSA) is 49.4 Å². The van der Waals surface area contributed by atoms with Crippen LogP contribution in [0.25, 0.3) is 0 Å². The van der Waals surface area contributed by atoms with Crippen molar-refractivity contribution in [3.05, 3.63) is 28.2 Å². The van der Waals surface area contributed by atoms with Crippen LogP contribution in [0, 0.1) is 0 Å². The van der Waals surface area contributed by atoms with Gasteiger partial charge in [0.1, 0.15) is 6.04 Å². The molecule has 1 N–H and O–H groups in total. The predicted molar refractivity (Wildman–Crippen MR) is 74.5 cm³/mol. The summed E-state index contributed by atoms with van der Waals surface area (Å²) >= 11 is 16.6. The summed E-state index contributed by atoms with van der Waals surface area (Å²) in [6.45, 7) is 1.60. The molecule has 0 radical (unpaired) electrons. The van der Waals surface area contributed by atoms with Crippen molar-refractivity contribution >= 4 is 57.9 Å². The average Bonchev–Trinajstić information content (AvgIpc) is 2.52. The average molecular weight is 303 g/mol. The number of carbonyl (C=O) groups is 2. The number of benzene rings is 1. The normalized spacial score (nSPS) is 19.1. The molecule has 1 aromatic rings. The Labute approximate surface area is 119 Å². The molecule has 3 amide bonds. The van der Waals surface area contributed by atoms with E-state index in [1.54, 1.807) is 6.92 Å². The van der Waals surface area contributed by atoms with E-state index in [1.165, 1.54) is 18.2 Å². The summed E-state index contributed by atoms with van der Waals surface area (Å²) in [6.07, 6.45) is 0. The summed E-state index contributed by atoms with van der Waals surface area (Å²) in [5.41, 5.74) is 0.328. The molecule has 94 valence electrons. The SMILES string of the molecule is CC(=S)C1NC(=O)N(c2cc(Cl)cc(Cl)c2)C1=O. The highest BCUT2D eigenvalue weighted by Crippen LogP contribution is 2.27. The zero-order chi connectivity index (χ0) is 13.4. The molecule has 1 aliphatic rings. The monoisotopic (exact) mass is 302 g/mol. The molecule has 2 rings (SSSR count). The molecule has 0 spiro atoms. The van der Waals surface area contributed by atoms with Crippen LogP contribution in [0.5, 0.6) is 0 Å². The minimum Gasteiger partial charge on any atom is -0.321 e. The molecule has 0 saturated carbocycles. The summed E-state index contributed by atoms with van der Waals surface area (Å²) in [6, 6.07) is 3.20. The largest absolute Gasteiger partial charge is 0.329 e. The summed E-state index contributed by atoms with van der Waals surface area (Å²) in [5.74, 6) is -0.425. The van der Waals surface area contributed by atoms with Crippen molar-refractivity contribution in [1.82, 2.24) is 5.32 Å². The van der Waals surface area contributed by atoms with Gasteiger partial charge in [-0.3, -0.25) is 4.79 Å². The second-order valence-corrected chi connectivity index (χ2v) is 5.31. The van der Waals surface area contributed by atoms with Gasteiger partial charge in [-0.15, -0.1) is 0 Å². The Bertz CT molecular complexity index is 542. The van der Waals surface area contributed by atoms with E-state index in [2.05, 4.69) is 5.32 Å². The van der Waals surface area contributed by atoms with Gasteiger partial charge in [0.2, 0.25) is 0 Å². The highest BCUT2D eigenvalue weighted by molar-refractivity contribution is 7.80. The maximum Gasteiger partial charge on any atom is 0.329 e. The van der Waals surface area contributed by atoms with E-state index in [4.69, 9.17) is 35.4 Å². The Morgan fingerprint density at radius 2 is 1.83 bits per heavy atom. The van der Waals surface area contributed by atoms with Gasteiger partial charge in [0, 0.05) is 14.9 Å². The molecule has 1 aliphatic heterocycles. The summed E-state index contributed by atoms with van der Waals surface area (Å²) in [4.78, 5) is 25.2. The molecule has 1 heterocycles. The summed E-state index contributed by atoms with van der Waals surface area (Å²) in [5, 5.41) is 3.20. The Balaban J connectivity index is 2.42. The number of anilines is 1. The van der Waals surface area contributed by atoms with E-state index in [1.807, 2.05) is 0 Å². The van der Waals surface area contributed by atoms with E-state index in [0.717, 1.165) is 4.90 Å². The second-order valence-electron chi connectivity index (χ2n) is 3.79. The fourth-order valence-electron chi connectivity index (χ4n) is 1.67. The number of nitrogens with one attached hydrogen (secondary N) is 1. The maximum atomic E-state index is 12.0. The molecule has 18 heavy (non-hydrogen) atoms. The Hall–Kier alpha value is -1.17. The van der Waals surface area contributed by atoms with E-state index < -0.39 is 18.0 Å². The zero-order valence-corrected chi connectivity index (χ0v) is 11.6. The molecule has 7 heteroatoms. The third-order valence-electron chi connectivity index (χ3n) is 2.45. The van der Waals surface area contributed by atoms with Crippen molar-refractivity contribution in [3.63, 3.8) is 0 Å². The van der Waals surface area contributed by atoms with Crippen LogP contribution < -0.4 is 10.2 Å². The van der Waals surface area contributed by atoms with E-state index in [0.29, 0.717) is 20.6 Å². The third-order valence-corrected chi connectivity index (χ3v) is 3.12. The number of nitrogens with zero attached hydrogens (tertiary/aromatic N) is 1. The number of imide groups is 1. The van der Waals surface area contributed by atoms with Gasteiger partial charge in [0.25, 0.3) is 5.91 Å². The van der Waals surface area contributed by atoms with E-state index in [9.17, 15) is 9.59 Å². The quantitative estimate of drug-likeness (QED) is 0.675. The van der Waals surface area contributed by atoms with Crippen LogP contribution in [0.4, 0.5) is 10.5 Å². The fraction of sp³-hybridized carbons (Fsp3) is 0.182. The van der Waals surface area contributed by atoms with Gasteiger partial charge >= 0.3 is 6.03 Å². The van der Waals surface area contributed by atoms with Crippen molar-refractivity contribution < 1.29 is 9.59 Å². The zero-order valence-electron chi connectivity index (χ0n) is 9.24. The molecule has 1 aromatic carbocycles. The first-order valence-electron chi connectivity index (χ1n) is 5.01. The highest BCUT2D eigenvalue weighted by atomic mass is 35.5. The van der Waals surface area contributed by atoms with Gasteiger partial charge in [-0.05, 0) is 25.1 Å². The lowest BCUT2D eigenvalue weighted by Gasteiger charge is -2.13. The molecule has 1 fully saturated rings. The molecule has 0 aliphatic carbocycles. The molecule has 1 unspecified atom stereocenters. The van der Waals surface area contributed by atoms with Crippen molar-refractivity contribution in [3.8, 4) is 0 Å². The smallest absolute Gasteiger partial charge is 0.321 e. The van der Waals surface area contributed by atoms with Gasteiger partial charge in [-0.25, -0.2) is 9.69 Å². The van der Waals surface area contributed by atoms with Crippen LogP contribution in [-0.2, 0) is 4.79 Å². The molecule has 0 bridgehead atoms.